The molecule has 0 aliphatic heterocycles. The van der Waals surface area contributed by atoms with Gasteiger partial charge < -0.3 is 0 Å². The van der Waals surface area contributed by atoms with Gasteiger partial charge in [0.15, 0.2) is 0 Å². The standard InChI is InChI=1S/C14H28N2/c1-2-3-4-11-5-7-12(8-6-11)14(16-15)13-9-10-13/h11-14,16H,2-10,15H2,1H3. The number of rotatable bonds is 6. The molecular formula is C14H28N2. The minimum absolute atomic E-state index is 0.632. The number of hydrogen-bond donors (Lipinski definition) is 2. The third-order valence-electron chi connectivity index (χ3n) is 4.69. The molecule has 0 aromatic rings. The summed E-state index contributed by atoms with van der Waals surface area (Å²) >= 11 is 0. The summed E-state index contributed by atoms with van der Waals surface area (Å²) < 4.78 is 0. The molecular weight excluding hydrogens is 196 g/mol. The molecule has 0 heterocycles. The van der Waals surface area contributed by atoms with Crippen LogP contribution in [0.25, 0.3) is 0 Å². The predicted molar refractivity (Wildman–Crippen MR) is 68.8 cm³/mol. The lowest BCUT2D eigenvalue weighted by Gasteiger charge is -2.33. The molecule has 3 N–H and O–H groups in total. The van der Waals surface area contributed by atoms with Crippen LogP contribution in [-0.4, -0.2) is 6.04 Å². The van der Waals surface area contributed by atoms with Gasteiger partial charge in [-0.25, -0.2) is 0 Å². The van der Waals surface area contributed by atoms with Crippen molar-refractivity contribution in [3.63, 3.8) is 0 Å². The smallest absolute Gasteiger partial charge is 0.0267 e. The lowest BCUT2D eigenvalue weighted by molar-refractivity contribution is 0.200. The molecule has 0 radical (unpaired) electrons. The summed E-state index contributed by atoms with van der Waals surface area (Å²) in [4.78, 5) is 0. The molecule has 1 unspecified atom stereocenters. The topological polar surface area (TPSA) is 38.0 Å². The van der Waals surface area contributed by atoms with E-state index < -0.39 is 0 Å². The highest BCUT2D eigenvalue weighted by molar-refractivity contribution is 4.91. The summed E-state index contributed by atoms with van der Waals surface area (Å²) in [5.41, 5.74) is 3.09. The van der Waals surface area contributed by atoms with Crippen LogP contribution in [-0.2, 0) is 0 Å². The fourth-order valence-corrected chi connectivity index (χ4v) is 3.44. The van der Waals surface area contributed by atoms with Crippen LogP contribution in [0.3, 0.4) is 0 Å². The van der Waals surface area contributed by atoms with Gasteiger partial charge in [-0.1, -0.05) is 39.0 Å². The SMILES string of the molecule is CCCCC1CCC(C(NN)C2CC2)CC1. The maximum Gasteiger partial charge on any atom is 0.0267 e. The van der Waals surface area contributed by atoms with Crippen molar-refractivity contribution < 1.29 is 0 Å². The molecule has 0 amide bonds. The van der Waals surface area contributed by atoms with E-state index in [0.29, 0.717) is 6.04 Å². The molecule has 2 aliphatic carbocycles. The van der Waals surface area contributed by atoms with Gasteiger partial charge in [0.25, 0.3) is 0 Å². The van der Waals surface area contributed by atoms with Crippen LogP contribution in [0.2, 0.25) is 0 Å². The number of hydrazine groups is 1. The highest BCUT2D eigenvalue weighted by Gasteiger charge is 2.37. The molecule has 2 saturated carbocycles. The van der Waals surface area contributed by atoms with Gasteiger partial charge >= 0.3 is 0 Å². The number of hydrogen-bond acceptors (Lipinski definition) is 2. The van der Waals surface area contributed by atoms with Gasteiger partial charge in [-0.05, 0) is 43.4 Å². The Morgan fingerprint density at radius 3 is 2.06 bits per heavy atom. The van der Waals surface area contributed by atoms with Crippen molar-refractivity contribution in [3.05, 3.63) is 0 Å². The molecule has 2 heteroatoms. The van der Waals surface area contributed by atoms with Crippen molar-refractivity contribution in [1.29, 1.82) is 0 Å². The first-order chi connectivity index (χ1) is 7.85. The zero-order valence-electron chi connectivity index (χ0n) is 10.8. The Balaban J connectivity index is 1.71. The van der Waals surface area contributed by atoms with Gasteiger partial charge in [-0.2, -0.15) is 0 Å². The Morgan fingerprint density at radius 1 is 1.06 bits per heavy atom. The third-order valence-corrected chi connectivity index (χ3v) is 4.69. The summed E-state index contributed by atoms with van der Waals surface area (Å²) in [6.07, 6.45) is 12.8. The van der Waals surface area contributed by atoms with Crippen LogP contribution in [0.1, 0.15) is 64.7 Å². The monoisotopic (exact) mass is 224 g/mol. The fraction of sp³-hybridized carbons (Fsp3) is 1.00. The molecule has 2 fully saturated rings. The van der Waals surface area contributed by atoms with Crippen LogP contribution < -0.4 is 11.3 Å². The quantitative estimate of drug-likeness (QED) is 0.537. The van der Waals surface area contributed by atoms with E-state index >= 15 is 0 Å². The molecule has 94 valence electrons. The van der Waals surface area contributed by atoms with Crippen molar-refractivity contribution in [1.82, 2.24) is 5.43 Å². The van der Waals surface area contributed by atoms with E-state index in [9.17, 15) is 0 Å². The van der Waals surface area contributed by atoms with E-state index in [1.54, 1.807) is 0 Å². The Bertz CT molecular complexity index is 193. The number of nitrogens with one attached hydrogen (secondary N) is 1. The lowest BCUT2D eigenvalue weighted by Crippen LogP contribution is -2.43. The summed E-state index contributed by atoms with van der Waals surface area (Å²) in [5.74, 6) is 8.51. The number of unbranched alkanes of at least 4 members (excludes halogenated alkanes) is 1. The second-order valence-corrected chi connectivity index (χ2v) is 5.95. The molecule has 0 spiro atoms. The van der Waals surface area contributed by atoms with E-state index in [2.05, 4.69) is 12.3 Å². The maximum absolute atomic E-state index is 5.71. The van der Waals surface area contributed by atoms with Crippen molar-refractivity contribution in [3.8, 4) is 0 Å². The zero-order valence-corrected chi connectivity index (χ0v) is 10.8. The summed E-state index contributed by atoms with van der Waals surface area (Å²) in [7, 11) is 0. The molecule has 0 saturated heterocycles. The van der Waals surface area contributed by atoms with E-state index in [-0.39, 0.29) is 0 Å². The average Bonchev–Trinajstić information content (AvgIpc) is 3.13. The first kappa shape index (κ1) is 12.4. The summed E-state index contributed by atoms with van der Waals surface area (Å²) in [6, 6.07) is 0.632. The zero-order chi connectivity index (χ0) is 11.4. The highest BCUT2D eigenvalue weighted by atomic mass is 15.2. The molecule has 0 bridgehead atoms. The molecule has 1 atom stereocenters. The normalized spacial score (nSPS) is 32.6. The fourth-order valence-electron chi connectivity index (χ4n) is 3.44. The van der Waals surface area contributed by atoms with E-state index in [1.165, 1.54) is 57.8 Å². The van der Waals surface area contributed by atoms with Gasteiger partial charge in [0.1, 0.15) is 0 Å². The van der Waals surface area contributed by atoms with Gasteiger partial charge in [-0.15, -0.1) is 0 Å². The van der Waals surface area contributed by atoms with Gasteiger partial charge in [0, 0.05) is 6.04 Å². The third kappa shape index (κ3) is 3.21. The largest absolute Gasteiger partial charge is 0.271 e. The average molecular weight is 224 g/mol. The first-order valence-corrected chi connectivity index (χ1v) is 7.31. The Hall–Kier alpha value is -0.0800. The van der Waals surface area contributed by atoms with E-state index in [1.807, 2.05) is 0 Å². The Kier molecular flexibility index (Phi) is 4.66. The summed E-state index contributed by atoms with van der Waals surface area (Å²) in [6.45, 7) is 2.30. The Labute approximate surface area is 100 Å². The highest BCUT2D eigenvalue weighted by Crippen LogP contribution is 2.41. The van der Waals surface area contributed by atoms with E-state index in [0.717, 1.165) is 17.8 Å². The van der Waals surface area contributed by atoms with Crippen LogP contribution in [0.4, 0.5) is 0 Å². The van der Waals surface area contributed by atoms with Crippen LogP contribution in [0.15, 0.2) is 0 Å². The second-order valence-electron chi connectivity index (χ2n) is 5.95. The molecule has 2 aliphatic rings. The number of nitrogens with two attached hydrogens (primary N) is 1. The summed E-state index contributed by atoms with van der Waals surface area (Å²) in [5, 5.41) is 0. The van der Waals surface area contributed by atoms with Crippen molar-refractivity contribution in [2.45, 2.75) is 70.8 Å². The predicted octanol–water partition coefficient (Wildman–Crippen LogP) is 3.22. The van der Waals surface area contributed by atoms with Gasteiger partial charge in [0.2, 0.25) is 0 Å². The van der Waals surface area contributed by atoms with Gasteiger partial charge in [0.05, 0.1) is 0 Å². The molecule has 2 rings (SSSR count). The molecule has 0 aromatic carbocycles. The first-order valence-electron chi connectivity index (χ1n) is 7.31. The van der Waals surface area contributed by atoms with Crippen LogP contribution in [0.5, 0.6) is 0 Å². The molecule has 2 nitrogen and oxygen atoms in total. The van der Waals surface area contributed by atoms with Crippen molar-refractivity contribution in [2.75, 3.05) is 0 Å². The maximum atomic E-state index is 5.71. The van der Waals surface area contributed by atoms with Crippen LogP contribution in [0, 0.1) is 17.8 Å². The molecule has 16 heavy (non-hydrogen) atoms. The van der Waals surface area contributed by atoms with Crippen molar-refractivity contribution >= 4 is 0 Å². The lowest BCUT2D eigenvalue weighted by atomic mass is 9.76. The second kappa shape index (κ2) is 6.02. The van der Waals surface area contributed by atoms with Gasteiger partial charge in [-0.3, -0.25) is 11.3 Å². The van der Waals surface area contributed by atoms with E-state index in [4.69, 9.17) is 5.84 Å². The minimum Gasteiger partial charge on any atom is -0.271 e. The van der Waals surface area contributed by atoms with Crippen LogP contribution >= 0.6 is 0 Å². The Morgan fingerprint density at radius 2 is 1.62 bits per heavy atom. The molecule has 0 aromatic heterocycles. The van der Waals surface area contributed by atoms with Crippen molar-refractivity contribution in [2.24, 2.45) is 23.6 Å². The minimum atomic E-state index is 0.632.